The number of morpholine rings is 2. The van der Waals surface area contributed by atoms with Gasteiger partial charge in [0, 0.05) is 26.2 Å². The van der Waals surface area contributed by atoms with Crippen LogP contribution in [0.1, 0.15) is 5.56 Å². The van der Waals surface area contributed by atoms with E-state index in [0.29, 0.717) is 76.0 Å². The summed E-state index contributed by atoms with van der Waals surface area (Å²) >= 11 is 1.55. The summed E-state index contributed by atoms with van der Waals surface area (Å²) in [4.78, 5) is 22.7. The van der Waals surface area contributed by atoms with Gasteiger partial charge in [-0.2, -0.15) is 20.1 Å². The summed E-state index contributed by atoms with van der Waals surface area (Å²) in [5.74, 6) is 2.14. The molecule has 0 amide bonds. The molecule has 0 atom stereocenters. The van der Waals surface area contributed by atoms with Crippen LogP contribution in [0.25, 0.3) is 10.2 Å². The van der Waals surface area contributed by atoms with Gasteiger partial charge in [-0.3, -0.25) is 5.43 Å². The lowest BCUT2D eigenvalue weighted by Gasteiger charge is -2.30. The van der Waals surface area contributed by atoms with Gasteiger partial charge in [-0.05, 0) is 35.9 Å². The van der Waals surface area contributed by atoms with Gasteiger partial charge in [0.1, 0.15) is 0 Å². The standard InChI is InChI=1S/C26H28N8O4S/c1-35-21-16-18(17-27-32-26-28-19-4-2-3-5-22(19)39-26)6-7-20(21)38-25-30-23(33-8-12-36-13-9-33)29-24(31-25)34-10-14-37-15-11-34/h2-7,16-17H,8-15H2,1H3,(H,28,32). The molecule has 4 aromatic rings. The first kappa shape index (κ1) is 25.2. The summed E-state index contributed by atoms with van der Waals surface area (Å²) in [6.45, 7) is 5.31. The van der Waals surface area contributed by atoms with Gasteiger partial charge < -0.3 is 28.7 Å². The first-order valence-electron chi connectivity index (χ1n) is 12.7. The molecule has 0 saturated carbocycles. The Balaban J connectivity index is 1.21. The molecule has 4 heterocycles. The topological polar surface area (TPSA) is 119 Å². The first-order chi connectivity index (χ1) is 19.2. The van der Waals surface area contributed by atoms with E-state index >= 15 is 0 Å². The van der Waals surface area contributed by atoms with Crippen LogP contribution >= 0.6 is 11.3 Å². The fourth-order valence-corrected chi connectivity index (χ4v) is 5.04. The Morgan fingerprint density at radius 2 is 1.56 bits per heavy atom. The molecule has 2 fully saturated rings. The Morgan fingerprint density at radius 1 is 0.872 bits per heavy atom. The lowest BCUT2D eigenvalue weighted by atomic mass is 10.2. The summed E-state index contributed by atoms with van der Waals surface area (Å²) < 4.78 is 23.9. The van der Waals surface area contributed by atoms with E-state index in [1.165, 1.54) is 0 Å². The van der Waals surface area contributed by atoms with Gasteiger partial charge in [-0.1, -0.05) is 23.5 Å². The minimum atomic E-state index is 0.199. The fraction of sp³-hybridized carbons (Fsp3) is 0.346. The maximum atomic E-state index is 6.15. The first-order valence-corrected chi connectivity index (χ1v) is 13.5. The molecule has 2 aliphatic rings. The van der Waals surface area contributed by atoms with Crippen molar-refractivity contribution in [3.8, 4) is 17.5 Å². The van der Waals surface area contributed by atoms with E-state index in [4.69, 9.17) is 23.9 Å². The largest absolute Gasteiger partial charge is 0.493 e. The summed E-state index contributed by atoms with van der Waals surface area (Å²) in [6, 6.07) is 13.7. The van der Waals surface area contributed by atoms with Gasteiger partial charge >= 0.3 is 6.01 Å². The molecule has 0 aliphatic carbocycles. The average molecular weight is 549 g/mol. The second kappa shape index (κ2) is 11.8. The van der Waals surface area contributed by atoms with Gasteiger partial charge in [0.15, 0.2) is 11.5 Å². The molecule has 2 aromatic carbocycles. The third-order valence-electron chi connectivity index (χ3n) is 6.24. The highest BCUT2D eigenvalue weighted by Gasteiger charge is 2.22. The van der Waals surface area contributed by atoms with Crippen LogP contribution < -0.4 is 24.7 Å². The third-order valence-corrected chi connectivity index (χ3v) is 7.18. The molecular weight excluding hydrogens is 520 g/mol. The number of fused-ring (bicyclic) bond motifs is 1. The number of ether oxygens (including phenoxy) is 4. The second-order valence-electron chi connectivity index (χ2n) is 8.79. The fourth-order valence-electron chi connectivity index (χ4n) is 4.22. The van der Waals surface area contributed by atoms with Crippen molar-refractivity contribution < 1.29 is 18.9 Å². The van der Waals surface area contributed by atoms with Crippen molar-refractivity contribution in [1.82, 2.24) is 19.9 Å². The van der Waals surface area contributed by atoms with Gasteiger partial charge in [-0.15, -0.1) is 0 Å². The number of nitrogens with one attached hydrogen (secondary N) is 1. The van der Waals surface area contributed by atoms with Crippen molar-refractivity contribution in [3.05, 3.63) is 48.0 Å². The van der Waals surface area contributed by atoms with Crippen LogP contribution in [-0.4, -0.2) is 85.9 Å². The van der Waals surface area contributed by atoms with Crippen LogP contribution in [-0.2, 0) is 9.47 Å². The smallest absolute Gasteiger partial charge is 0.328 e. The normalized spacial score (nSPS) is 16.1. The Morgan fingerprint density at radius 3 is 2.23 bits per heavy atom. The third kappa shape index (κ3) is 6.00. The number of aromatic nitrogens is 4. The zero-order chi connectivity index (χ0) is 26.4. The summed E-state index contributed by atoms with van der Waals surface area (Å²) in [7, 11) is 1.59. The van der Waals surface area contributed by atoms with Gasteiger partial charge in [-0.25, -0.2) is 4.98 Å². The maximum Gasteiger partial charge on any atom is 0.328 e. The van der Waals surface area contributed by atoms with E-state index in [9.17, 15) is 0 Å². The quantitative estimate of drug-likeness (QED) is 0.258. The SMILES string of the molecule is COc1cc(C=NNc2nc3ccccc3s2)ccc1Oc1nc(N2CCOCC2)nc(N2CCOCC2)n1. The molecule has 12 nitrogen and oxygen atoms in total. The molecule has 2 aliphatic heterocycles. The molecule has 0 unspecified atom stereocenters. The number of hydrogen-bond donors (Lipinski definition) is 1. The molecule has 13 heteroatoms. The molecular formula is C26H28N8O4S. The summed E-state index contributed by atoms with van der Waals surface area (Å²) in [5, 5.41) is 5.06. The number of thiazole rings is 1. The highest BCUT2D eigenvalue weighted by atomic mass is 32.1. The Bertz CT molecular complexity index is 1380. The number of benzene rings is 2. The maximum absolute atomic E-state index is 6.15. The monoisotopic (exact) mass is 548 g/mol. The van der Waals surface area contributed by atoms with Crippen LogP contribution in [0.4, 0.5) is 17.0 Å². The van der Waals surface area contributed by atoms with Crippen molar-refractivity contribution in [2.24, 2.45) is 5.10 Å². The predicted octanol–water partition coefficient (Wildman–Crippen LogP) is 3.40. The Hall–Kier alpha value is -4.07. The molecule has 6 rings (SSSR count). The zero-order valence-electron chi connectivity index (χ0n) is 21.4. The number of hydrogen-bond acceptors (Lipinski definition) is 13. The number of rotatable bonds is 8. The van der Waals surface area contributed by atoms with Crippen molar-refractivity contribution in [2.45, 2.75) is 0 Å². The van der Waals surface area contributed by atoms with Gasteiger partial charge in [0.05, 0.1) is 50.0 Å². The Kier molecular flexibility index (Phi) is 7.61. The van der Waals surface area contributed by atoms with Crippen molar-refractivity contribution >= 4 is 44.8 Å². The van der Waals surface area contributed by atoms with E-state index in [1.807, 2.05) is 42.5 Å². The minimum absolute atomic E-state index is 0.199. The molecule has 39 heavy (non-hydrogen) atoms. The van der Waals surface area contributed by atoms with Crippen molar-refractivity contribution in [1.29, 1.82) is 0 Å². The highest BCUT2D eigenvalue weighted by Crippen LogP contribution is 2.32. The lowest BCUT2D eigenvalue weighted by molar-refractivity contribution is 0.121. The lowest BCUT2D eigenvalue weighted by Crippen LogP contribution is -2.40. The van der Waals surface area contributed by atoms with Crippen molar-refractivity contribution in [3.63, 3.8) is 0 Å². The van der Waals surface area contributed by atoms with E-state index in [1.54, 1.807) is 24.7 Å². The molecule has 202 valence electrons. The van der Waals surface area contributed by atoms with E-state index < -0.39 is 0 Å². The van der Waals surface area contributed by atoms with Crippen LogP contribution in [0.2, 0.25) is 0 Å². The summed E-state index contributed by atoms with van der Waals surface area (Å²) in [5.41, 5.74) is 4.77. The molecule has 0 spiro atoms. The van der Waals surface area contributed by atoms with Crippen LogP contribution in [0.15, 0.2) is 47.6 Å². The molecule has 2 aromatic heterocycles. The predicted molar refractivity (Wildman–Crippen MR) is 150 cm³/mol. The molecule has 0 bridgehead atoms. The minimum Gasteiger partial charge on any atom is -0.493 e. The van der Waals surface area contributed by atoms with Crippen molar-refractivity contribution in [2.75, 3.05) is 74.9 Å². The van der Waals surface area contributed by atoms with Gasteiger partial charge in [0.2, 0.25) is 17.0 Å². The molecule has 2 saturated heterocycles. The zero-order valence-corrected chi connectivity index (χ0v) is 22.3. The number of hydrazone groups is 1. The van der Waals surface area contributed by atoms with E-state index in [2.05, 4.69) is 35.3 Å². The van der Waals surface area contributed by atoms with Crippen LogP contribution in [0, 0.1) is 0 Å². The van der Waals surface area contributed by atoms with Crippen LogP contribution in [0.3, 0.4) is 0 Å². The molecule has 0 radical (unpaired) electrons. The second-order valence-corrected chi connectivity index (χ2v) is 9.82. The number of anilines is 3. The average Bonchev–Trinajstić information content (AvgIpc) is 3.41. The molecule has 1 N–H and O–H groups in total. The summed E-state index contributed by atoms with van der Waals surface area (Å²) in [6.07, 6.45) is 1.70. The van der Waals surface area contributed by atoms with E-state index in [-0.39, 0.29) is 6.01 Å². The van der Waals surface area contributed by atoms with Gasteiger partial charge in [0.25, 0.3) is 0 Å². The number of methoxy groups -OCH3 is 1. The highest BCUT2D eigenvalue weighted by molar-refractivity contribution is 7.22. The Labute approximate surface area is 229 Å². The number of nitrogens with zero attached hydrogens (tertiary/aromatic N) is 7. The van der Waals surface area contributed by atoms with Crippen LogP contribution in [0.5, 0.6) is 17.5 Å². The number of para-hydroxylation sites is 1. The van der Waals surface area contributed by atoms with E-state index in [0.717, 1.165) is 20.9 Å².